The Bertz CT molecular complexity index is 353. The van der Waals surface area contributed by atoms with E-state index in [4.69, 9.17) is 8.28 Å². The van der Waals surface area contributed by atoms with Gasteiger partial charge in [0.25, 0.3) is 0 Å². The van der Waals surface area contributed by atoms with E-state index in [0.29, 0.717) is 5.56 Å². The minimum Gasteiger partial charge on any atom is -0.334 e. The number of halogens is 2. The van der Waals surface area contributed by atoms with E-state index in [1.807, 2.05) is 12.1 Å². The highest BCUT2D eigenvalue weighted by molar-refractivity contribution is 14.1. The Morgan fingerprint density at radius 2 is 2.33 bits per heavy atom. The highest BCUT2D eigenvalue weighted by Crippen LogP contribution is 2.16. The van der Waals surface area contributed by atoms with Crippen LogP contribution in [0.3, 0.4) is 0 Å². The first-order chi connectivity index (χ1) is 7.20. The molecular weight excluding hydrogens is 394 g/mol. The molecule has 7 heteroatoms. The van der Waals surface area contributed by atoms with Gasteiger partial charge in [0.05, 0.1) is 7.11 Å². The zero-order valence-corrected chi connectivity index (χ0v) is 12.3. The minimum atomic E-state index is -0.247. The van der Waals surface area contributed by atoms with Crippen LogP contribution in [-0.2, 0) is 8.28 Å². The van der Waals surface area contributed by atoms with Crippen molar-refractivity contribution < 1.29 is 13.1 Å². The van der Waals surface area contributed by atoms with Gasteiger partial charge in [-0.2, -0.15) is 0 Å². The van der Waals surface area contributed by atoms with E-state index in [9.17, 15) is 4.79 Å². The van der Waals surface area contributed by atoms with E-state index >= 15 is 0 Å². The van der Waals surface area contributed by atoms with Gasteiger partial charge in [-0.1, -0.05) is 28.1 Å². The van der Waals surface area contributed by atoms with Crippen molar-refractivity contribution in [2.75, 3.05) is 7.11 Å². The molecule has 0 bridgehead atoms. The first-order valence-electron chi connectivity index (χ1n) is 3.94. The summed E-state index contributed by atoms with van der Waals surface area (Å²) in [5.41, 5.74) is 1.43. The summed E-state index contributed by atoms with van der Waals surface area (Å²) in [6, 6.07) is 5.43. The summed E-state index contributed by atoms with van der Waals surface area (Å²) < 4.78 is 10.6. The second kappa shape index (κ2) is 6.90. The van der Waals surface area contributed by atoms with Crippen LogP contribution in [0.15, 0.2) is 22.7 Å². The zero-order chi connectivity index (χ0) is 11.3. The fraction of sp³-hybridized carbons (Fsp3) is 0.125. The van der Waals surface area contributed by atoms with E-state index in [1.54, 1.807) is 6.07 Å². The van der Waals surface area contributed by atoms with Crippen molar-refractivity contribution in [2.24, 2.45) is 0 Å². The summed E-state index contributed by atoms with van der Waals surface area (Å²) in [6.45, 7) is 0. The Kier molecular flexibility index (Phi) is 6.21. The number of carbonyl (C=O) groups excluding carboxylic acids is 1. The highest BCUT2D eigenvalue weighted by Gasteiger charge is 2.22. The third-order valence-corrected chi connectivity index (χ3v) is 3.95. The van der Waals surface area contributed by atoms with Crippen molar-refractivity contribution >= 4 is 67.1 Å². The van der Waals surface area contributed by atoms with Crippen LogP contribution in [-0.4, -0.2) is 18.2 Å². The fourth-order valence-corrected chi connectivity index (χ4v) is 3.23. The second-order valence-electron chi connectivity index (χ2n) is 2.51. The third-order valence-electron chi connectivity index (χ3n) is 1.63. The Morgan fingerprint density at radius 1 is 1.60 bits per heavy atom. The monoisotopic (exact) mass is 400 g/mol. The Morgan fingerprint density at radius 3 is 2.93 bits per heavy atom. The maximum atomic E-state index is 10.8. The maximum Gasteiger partial charge on any atom is 0.417 e. The Labute approximate surface area is 115 Å². The summed E-state index contributed by atoms with van der Waals surface area (Å²) in [5.74, 6) is 0. The molecule has 0 atom stereocenters. The molecule has 0 N–H and O–H groups in total. The van der Waals surface area contributed by atoms with Crippen LogP contribution in [0.25, 0.3) is 0 Å². The van der Waals surface area contributed by atoms with Crippen LogP contribution in [0, 0.1) is 0 Å². The number of carbonyl (C=O) groups is 1. The molecule has 0 saturated heterocycles. The van der Waals surface area contributed by atoms with Crippen molar-refractivity contribution in [3.8, 4) is 0 Å². The van der Waals surface area contributed by atoms with E-state index in [1.165, 1.54) is 7.11 Å². The largest absolute Gasteiger partial charge is 0.417 e. The van der Waals surface area contributed by atoms with Crippen LogP contribution < -0.4 is 5.46 Å². The molecule has 3 nitrogen and oxygen atoms in total. The van der Waals surface area contributed by atoms with Crippen LogP contribution >= 0.6 is 50.6 Å². The van der Waals surface area contributed by atoms with Gasteiger partial charge in [-0.15, -0.1) is 22.4 Å². The summed E-state index contributed by atoms with van der Waals surface area (Å²) in [7, 11) is 1.52. The molecule has 1 aromatic rings. The highest BCUT2D eigenvalue weighted by atomic mass is 127. The molecule has 80 valence electrons. The van der Waals surface area contributed by atoms with Gasteiger partial charge in [-0.05, 0) is 11.5 Å². The maximum absolute atomic E-state index is 10.8. The average Bonchev–Trinajstić information content (AvgIpc) is 2.25. The lowest BCUT2D eigenvalue weighted by atomic mass is 9.84. The number of aldehydes is 1. The van der Waals surface area contributed by atoms with Gasteiger partial charge in [-0.25, -0.2) is 0 Å². The molecule has 0 saturated carbocycles. The molecule has 0 unspecified atom stereocenters. The molecule has 0 spiro atoms. The van der Waals surface area contributed by atoms with Crippen LogP contribution in [0.4, 0.5) is 0 Å². The predicted octanol–water partition coefficient (Wildman–Crippen LogP) is 2.62. The second-order valence-corrected chi connectivity index (χ2v) is 5.16. The summed E-state index contributed by atoms with van der Waals surface area (Å²) in [5, 5.41) is 0. The lowest BCUT2D eigenvalue weighted by molar-refractivity contribution is 0.112. The van der Waals surface area contributed by atoms with Gasteiger partial charge in [0.15, 0.2) is 0 Å². The minimum absolute atomic E-state index is 0.247. The van der Waals surface area contributed by atoms with Gasteiger partial charge >= 0.3 is 4.77 Å². The number of rotatable bonds is 5. The molecule has 1 aromatic carbocycles. The smallest absolute Gasteiger partial charge is 0.334 e. The molecule has 0 aliphatic rings. The van der Waals surface area contributed by atoms with Gasteiger partial charge in [-0.3, -0.25) is 8.98 Å². The number of benzene rings is 1. The quantitative estimate of drug-likeness (QED) is 0.329. The fourth-order valence-electron chi connectivity index (χ4n) is 1.02. The van der Waals surface area contributed by atoms with Crippen LogP contribution in [0.1, 0.15) is 10.4 Å². The van der Waals surface area contributed by atoms with E-state index < -0.39 is 0 Å². The molecule has 1 rings (SSSR count). The molecule has 0 fully saturated rings. The van der Waals surface area contributed by atoms with E-state index in [2.05, 4.69) is 38.3 Å². The van der Waals surface area contributed by atoms with Gasteiger partial charge in [0.1, 0.15) is 18.6 Å². The molecule has 0 aliphatic heterocycles. The van der Waals surface area contributed by atoms with Crippen LogP contribution in [0.2, 0.25) is 0 Å². The van der Waals surface area contributed by atoms with Crippen molar-refractivity contribution in [1.82, 2.24) is 0 Å². The molecule has 0 heterocycles. The molecule has 0 aliphatic carbocycles. The number of hydrogen-bond donors (Lipinski definition) is 0. The first-order valence-corrected chi connectivity index (χ1v) is 6.65. The summed E-state index contributed by atoms with van der Waals surface area (Å²) >= 11 is 6.37. The van der Waals surface area contributed by atoms with Crippen molar-refractivity contribution in [1.29, 1.82) is 0 Å². The van der Waals surface area contributed by atoms with Crippen molar-refractivity contribution in [3.05, 3.63) is 28.2 Å². The van der Waals surface area contributed by atoms with E-state index in [-0.39, 0.29) is 4.77 Å². The molecule has 0 aromatic heterocycles. The van der Waals surface area contributed by atoms with Gasteiger partial charge in [0.2, 0.25) is 0 Å². The topological polar surface area (TPSA) is 35.5 Å². The standard InChI is InChI=1S/C8H7BBrIO3S/c1-13-15-14-9(11)8-6(5-12)3-2-4-7(8)10/h2-5H,1H3. The van der Waals surface area contributed by atoms with E-state index in [0.717, 1.165) is 28.5 Å². The Balaban J connectivity index is 2.95. The SMILES string of the molecule is COSOB(I)c1c(Br)cccc1C=O. The normalized spacial score (nSPS) is 10.1. The zero-order valence-electron chi connectivity index (χ0n) is 7.78. The molecule has 0 radical (unpaired) electrons. The predicted molar refractivity (Wildman–Crippen MR) is 74.6 cm³/mol. The third kappa shape index (κ3) is 3.74. The van der Waals surface area contributed by atoms with Crippen molar-refractivity contribution in [2.45, 2.75) is 0 Å². The van der Waals surface area contributed by atoms with Crippen molar-refractivity contribution in [3.63, 3.8) is 0 Å². The lowest BCUT2D eigenvalue weighted by Gasteiger charge is -2.10. The van der Waals surface area contributed by atoms with Gasteiger partial charge < -0.3 is 4.10 Å². The van der Waals surface area contributed by atoms with Crippen LogP contribution in [0.5, 0.6) is 0 Å². The molecule has 0 amide bonds. The van der Waals surface area contributed by atoms with Gasteiger partial charge in [0, 0.05) is 10.0 Å². The lowest BCUT2D eigenvalue weighted by Crippen LogP contribution is -2.30. The Hall–Kier alpha value is 0.435. The average molecular weight is 401 g/mol. The first kappa shape index (κ1) is 13.5. The number of hydrogen-bond acceptors (Lipinski definition) is 4. The molecular formula is C8H7BBrIO3S. The summed E-state index contributed by atoms with van der Waals surface area (Å²) in [4.78, 5) is 10.8. The molecule has 15 heavy (non-hydrogen) atoms. The summed E-state index contributed by atoms with van der Waals surface area (Å²) in [6.07, 6.45) is 0.812.